The Morgan fingerprint density at radius 2 is 1.58 bits per heavy atom. The van der Waals surface area contributed by atoms with Crippen molar-refractivity contribution in [1.29, 1.82) is 0 Å². The van der Waals surface area contributed by atoms with E-state index in [4.69, 9.17) is 26.5 Å². The second kappa shape index (κ2) is 22.2. The smallest absolute Gasteiger partial charge is 0.207 e. The fraction of sp³-hybridized carbons (Fsp3) is 0.425. The minimum atomic E-state index is -1.02. The summed E-state index contributed by atoms with van der Waals surface area (Å²) in [5.74, 6) is 7.63. The predicted molar refractivity (Wildman–Crippen MR) is 207 cm³/mol. The van der Waals surface area contributed by atoms with Crippen molar-refractivity contribution in [2.75, 3.05) is 20.3 Å². The van der Waals surface area contributed by atoms with Crippen molar-refractivity contribution in [3.63, 3.8) is 0 Å². The van der Waals surface area contributed by atoms with Crippen LogP contribution in [-0.4, -0.2) is 80.4 Å². The molecule has 0 aliphatic heterocycles. The van der Waals surface area contributed by atoms with E-state index in [1.165, 1.54) is 23.7 Å². The zero-order valence-corrected chi connectivity index (χ0v) is 31.3. The molecular weight excluding hydrogens is 662 g/mol. The van der Waals surface area contributed by atoms with Crippen molar-refractivity contribution in [3.8, 4) is 17.2 Å². The van der Waals surface area contributed by atoms with Crippen LogP contribution in [0.5, 0.6) is 17.2 Å². The maximum Gasteiger partial charge on any atom is 0.207 e. The summed E-state index contributed by atoms with van der Waals surface area (Å²) in [6.45, 7) is 10.4. The van der Waals surface area contributed by atoms with Gasteiger partial charge in [0.15, 0.2) is 0 Å². The number of hydrogen-bond acceptors (Lipinski definition) is 10. The number of amides is 1. The number of aromatic hydroxyl groups is 2. The van der Waals surface area contributed by atoms with E-state index in [1.54, 1.807) is 24.3 Å². The van der Waals surface area contributed by atoms with Gasteiger partial charge in [0.2, 0.25) is 6.41 Å². The Bertz CT molecular complexity index is 1640. The number of aromatic amines is 1. The van der Waals surface area contributed by atoms with E-state index in [-0.39, 0.29) is 24.2 Å². The molecule has 0 fully saturated rings. The van der Waals surface area contributed by atoms with E-state index in [9.17, 15) is 20.1 Å². The molecule has 4 rings (SSSR count). The predicted octanol–water partition coefficient (Wildman–Crippen LogP) is 4.78. The number of nitrogens with two attached hydrogens (primary N) is 2. The lowest BCUT2D eigenvalue weighted by Gasteiger charge is -2.33. The van der Waals surface area contributed by atoms with Crippen LogP contribution >= 0.6 is 0 Å². The molecular formula is C40H59N5O7. The number of rotatable bonds is 17. The lowest BCUT2D eigenvalue weighted by Crippen LogP contribution is -2.50. The molecule has 0 spiro atoms. The number of ether oxygens (including phenoxy) is 1. The van der Waals surface area contributed by atoms with Crippen LogP contribution in [0.15, 0.2) is 78.6 Å². The monoisotopic (exact) mass is 721 g/mol. The first-order chi connectivity index (χ1) is 24.8. The van der Waals surface area contributed by atoms with E-state index < -0.39 is 18.2 Å². The number of benzene rings is 3. The molecule has 1 aromatic heterocycles. The normalized spacial score (nSPS) is 13.6. The van der Waals surface area contributed by atoms with Crippen molar-refractivity contribution in [3.05, 3.63) is 101 Å². The number of H-pyrrole nitrogens is 1. The molecule has 12 nitrogen and oxygen atoms in total. The number of phenols is 2. The number of nitrogens with zero attached hydrogens (tertiary/aromatic N) is 1. The highest BCUT2D eigenvalue weighted by molar-refractivity contribution is 5.86. The van der Waals surface area contributed by atoms with E-state index in [1.807, 2.05) is 56.3 Å². The van der Waals surface area contributed by atoms with Crippen LogP contribution in [0, 0.1) is 5.92 Å². The Balaban J connectivity index is 0.000000664. The van der Waals surface area contributed by atoms with Gasteiger partial charge in [0.1, 0.15) is 30.0 Å². The molecule has 0 aliphatic carbocycles. The first-order valence-electron chi connectivity index (χ1n) is 17.7. The number of fused-ring (bicyclic) bond motifs is 1. The van der Waals surface area contributed by atoms with Crippen LogP contribution < -0.4 is 21.6 Å². The third-order valence-electron chi connectivity index (χ3n) is 8.52. The minimum absolute atomic E-state index is 0.0174. The summed E-state index contributed by atoms with van der Waals surface area (Å²) < 4.78 is 5.86. The van der Waals surface area contributed by atoms with Gasteiger partial charge >= 0.3 is 0 Å². The Hall–Kier alpha value is -4.75. The van der Waals surface area contributed by atoms with Crippen LogP contribution in [0.2, 0.25) is 0 Å². The van der Waals surface area contributed by atoms with E-state index >= 15 is 0 Å². The van der Waals surface area contributed by atoms with Gasteiger partial charge in [-0.2, -0.15) is 0 Å². The van der Waals surface area contributed by atoms with Crippen LogP contribution in [0.3, 0.4) is 0 Å². The van der Waals surface area contributed by atoms with E-state index in [2.05, 4.69) is 24.1 Å². The van der Waals surface area contributed by atoms with Gasteiger partial charge in [0.25, 0.3) is 0 Å². The summed E-state index contributed by atoms with van der Waals surface area (Å²) in [4.78, 5) is 14.3. The molecule has 52 heavy (non-hydrogen) atoms. The SMILES string of the molecule is CC(C)CC(C(O)C(C)O)N(N)/C=C(\N)COc1ccc(C(C)c2[nH]c3ccc(O)cc3c2CCNC=O)cc1.CCCc1ccc(O)cc1.CO. The van der Waals surface area contributed by atoms with Crippen molar-refractivity contribution in [1.82, 2.24) is 15.3 Å². The van der Waals surface area contributed by atoms with Crippen molar-refractivity contribution in [2.24, 2.45) is 17.5 Å². The number of nitrogens with one attached hydrogen (secondary N) is 2. The largest absolute Gasteiger partial charge is 0.508 e. The summed E-state index contributed by atoms with van der Waals surface area (Å²) >= 11 is 0. The maximum atomic E-state index is 10.8. The van der Waals surface area contributed by atoms with Gasteiger partial charge in [0, 0.05) is 42.4 Å². The minimum Gasteiger partial charge on any atom is -0.508 e. The molecule has 3 aromatic carbocycles. The Morgan fingerprint density at radius 3 is 2.15 bits per heavy atom. The molecule has 4 atom stereocenters. The van der Waals surface area contributed by atoms with E-state index in [0.29, 0.717) is 43.0 Å². The summed E-state index contributed by atoms with van der Waals surface area (Å²) in [7, 11) is 1.00. The summed E-state index contributed by atoms with van der Waals surface area (Å²) in [5, 5.41) is 51.2. The quantitative estimate of drug-likeness (QED) is 0.0315. The molecule has 12 heteroatoms. The van der Waals surface area contributed by atoms with Gasteiger partial charge in [-0.05, 0) is 91.3 Å². The number of hydrogen-bond donors (Lipinski definition) is 9. The number of phenolic OH excluding ortho intramolecular Hbond substituents is 2. The maximum absolute atomic E-state index is 10.8. The fourth-order valence-corrected chi connectivity index (χ4v) is 5.86. The molecule has 0 bridgehead atoms. The zero-order valence-electron chi connectivity index (χ0n) is 31.3. The number of aryl methyl sites for hydroxylation is 1. The Kier molecular flexibility index (Phi) is 18.6. The lowest BCUT2D eigenvalue weighted by atomic mass is 9.93. The Morgan fingerprint density at radius 1 is 0.942 bits per heavy atom. The molecule has 0 saturated heterocycles. The second-order valence-electron chi connectivity index (χ2n) is 13.1. The number of aliphatic hydroxyl groups is 3. The first-order valence-corrected chi connectivity index (χ1v) is 17.7. The fourth-order valence-electron chi connectivity index (χ4n) is 5.86. The highest BCUT2D eigenvalue weighted by atomic mass is 16.5. The van der Waals surface area contributed by atoms with E-state index in [0.717, 1.165) is 47.7 Å². The standard InChI is InChI=1S/C30H43N5O5.C9H12O.CH4O/c1-18(2)13-28(30(39)20(4)37)35(32)15-22(31)16-40-24-8-5-21(6-9-24)19(3)29-25(11-12-33-17-36)26-14-23(38)7-10-27(26)34-29;1-2-3-8-4-6-9(10)7-5-8;1-2/h5-10,14-15,17-20,28,30,34,37-39H,11-13,16,31-32H2,1-4H3,(H,33,36);4-7,10H,2-3H2,1H3;2H,1H3/b22-15-;;. The van der Waals surface area contributed by atoms with Crippen LogP contribution in [0.1, 0.15) is 75.8 Å². The molecule has 0 aliphatic rings. The molecule has 1 amide bonds. The number of aliphatic hydroxyl groups excluding tert-OH is 3. The highest BCUT2D eigenvalue weighted by Gasteiger charge is 2.27. The topological polar surface area (TPSA) is 211 Å². The third kappa shape index (κ3) is 13.4. The van der Waals surface area contributed by atoms with Gasteiger partial charge in [-0.1, -0.05) is 58.4 Å². The second-order valence-corrected chi connectivity index (χ2v) is 13.1. The van der Waals surface area contributed by atoms with Gasteiger partial charge in [-0.25, -0.2) is 5.84 Å². The van der Waals surface area contributed by atoms with Crippen LogP contribution in [0.4, 0.5) is 0 Å². The third-order valence-corrected chi connectivity index (χ3v) is 8.52. The number of carbonyl (C=O) groups is 1. The van der Waals surface area contributed by atoms with Crippen molar-refractivity contribution < 1.29 is 35.1 Å². The number of aromatic nitrogens is 1. The summed E-state index contributed by atoms with van der Waals surface area (Å²) in [6, 6.07) is 19.8. The van der Waals surface area contributed by atoms with Crippen molar-refractivity contribution >= 4 is 17.3 Å². The highest BCUT2D eigenvalue weighted by Crippen LogP contribution is 2.34. The molecule has 4 unspecified atom stereocenters. The molecule has 11 N–H and O–H groups in total. The molecule has 1 heterocycles. The zero-order chi connectivity index (χ0) is 38.8. The van der Waals surface area contributed by atoms with Gasteiger partial charge in [-0.3, -0.25) is 4.79 Å². The first kappa shape index (κ1) is 43.4. The lowest BCUT2D eigenvalue weighted by molar-refractivity contribution is -0.109. The summed E-state index contributed by atoms with van der Waals surface area (Å²) in [5.41, 5.74) is 11.9. The van der Waals surface area contributed by atoms with Gasteiger partial charge in [-0.15, -0.1) is 0 Å². The average molecular weight is 722 g/mol. The van der Waals surface area contributed by atoms with Gasteiger partial charge < -0.3 is 51.3 Å². The van der Waals surface area contributed by atoms with Gasteiger partial charge in [0.05, 0.1) is 17.8 Å². The number of hydrazine groups is 1. The Labute approximate surface area is 307 Å². The van der Waals surface area contributed by atoms with Crippen LogP contribution in [0.25, 0.3) is 10.9 Å². The molecule has 0 radical (unpaired) electrons. The van der Waals surface area contributed by atoms with Crippen molar-refractivity contribution in [2.45, 2.75) is 84.5 Å². The molecule has 0 saturated carbocycles. The number of carbonyl (C=O) groups excluding carboxylic acids is 1. The van der Waals surface area contributed by atoms with Crippen LogP contribution in [-0.2, 0) is 17.6 Å². The summed E-state index contributed by atoms with van der Waals surface area (Å²) in [6.07, 6.45) is 3.73. The molecule has 286 valence electrons. The average Bonchev–Trinajstić information content (AvgIpc) is 3.48. The molecule has 4 aromatic rings.